The van der Waals surface area contributed by atoms with Crippen molar-refractivity contribution in [2.75, 3.05) is 5.73 Å². The monoisotopic (exact) mass is 254 g/mol. The molecule has 0 aliphatic rings. The van der Waals surface area contributed by atoms with E-state index in [4.69, 9.17) is 5.73 Å². The van der Waals surface area contributed by atoms with Gasteiger partial charge in [0.1, 0.15) is 17.5 Å². The van der Waals surface area contributed by atoms with Crippen LogP contribution in [-0.2, 0) is 6.42 Å². The lowest BCUT2D eigenvalue weighted by molar-refractivity contribution is 0.535. The van der Waals surface area contributed by atoms with Crippen molar-refractivity contribution in [3.8, 4) is 6.07 Å². The van der Waals surface area contributed by atoms with Gasteiger partial charge in [-0.25, -0.2) is 4.68 Å². The number of hydrogen-bond donors (Lipinski definition) is 1. The molecular formula is C15H18N4. The van der Waals surface area contributed by atoms with Crippen LogP contribution in [0.3, 0.4) is 0 Å². The Morgan fingerprint density at radius 1 is 1.42 bits per heavy atom. The number of nitrogen functional groups attached to an aromatic ring is 1. The summed E-state index contributed by atoms with van der Waals surface area (Å²) in [7, 11) is 0. The van der Waals surface area contributed by atoms with Gasteiger partial charge in [-0.15, -0.1) is 0 Å². The second kappa shape index (κ2) is 5.15. The average Bonchev–Trinajstić information content (AvgIpc) is 2.66. The molecule has 1 heterocycles. The summed E-state index contributed by atoms with van der Waals surface area (Å²) in [5.41, 5.74) is 9.57. The first-order chi connectivity index (χ1) is 9.02. The van der Waals surface area contributed by atoms with E-state index in [-0.39, 0.29) is 6.04 Å². The highest BCUT2D eigenvalue weighted by Crippen LogP contribution is 2.22. The summed E-state index contributed by atoms with van der Waals surface area (Å²) in [5, 5.41) is 13.7. The molecule has 0 amide bonds. The molecule has 0 aliphatic carbocycles. The predicted molar refractivity (Wildman–Crippen MR) is 75.7 cm³/mol. The molecule has 0 unspecified atom stereocenters. The van der Waals surface area contributed by atoms with Crippen molar-refractivity contribution in [1.82, 2.24) is 9.78 Å². The van der Waals surface area contributed by atoms with Crippen LogP contribution in [-0.4, -0.2) is 9.78 Å². The summed E-state index contributed by atoms with van der Waals surface area (Å²) in [6.45, 7) is 6.05. The van der Waals surface area contributed by atoms with Gasteiger partial charge in [0.25, 0.3) is 0 Å². The molecular weight excluding hydrogens is 236 g/mol. The van der Waals surface area contributed by atoms with Crippen molar-refractivity contribution in [1.29, 1.82) is 5.26 Å². The van der Waals surface area contributed by atoms with Gasteiger partial charge in [-0.3, -0.25) is 0 Å². The number of nitriles is 1. The first-order valence-corrected chi connectivity index (χ1v) is 6.35. The van der Waals surface area contributed by atoms with Gasteiger partial charge in [0.05, 0.1) is 5.69 Å². The summed E-state index contributed by atoms with van der Waals surface area (Å²) in [5.74, 6) is 0.458. The number of nitrogens with zero attached hydrogens (tertiary/aromatic N) is 3. The second-order valence-electron chi connectivity index (χ2n) is 5.02. The summed E-state index contributed by atoms with van der Waals surface area (Å²) in [4.78, 5) is 0. The minimum Gasteiger partial charge on any atom is -0.383 e. The van der Waals surface area contributed by atoms with E-state index >= 15 is 0 Å². The zero-order valence-corrected chi connectivity index (χ0v) is 11.5. The minimum atomic E-state index is 0.151. The van der Waals surface area contributed by atoms with Crippen LogP contribution in [0.2, 0.25) is 0 Å². The molecule has 0 spiro atoms. The maximum atomic E-state index is 9.24. The molecule has 0 fully saturated rings. The van der Waals surface area contributed by atoms with Gasteiger partial charge in [-0.1, -0.05) is 29.8 Å². The number of aryl methyl sites for hydroxylation is 1. The molecule has 0 radical (unpaired) electrons. The minimum absolute atomic E-state index is 0.151. The molecule has 4 heteroatoms. The smallest absolute Gasteiger partial charge is 0.140 e. The van der Waals surface area contributed by atoms with E-state index < -0.39 is 0 Å². The quantitative estimate of drug-likeness (QED) is 0.915. The van der Waals surface area contributed by atoms with Crippen molar-refractivity contribution in [2.24, 2.45) is 0 Å². The standard InChI is InChI=1S/C15H18N4/c1-10(2)19-15(17)13(9-16)14(18-19)8-12-6-4-5-11(3)7-12/h4-7,10H,8,17H2,1-3H3. The Morgan fingerprint density at radius 2 is 2.16 bits per heavy atom. The largest absolute Gasteiger partial charge is 0.383 e. The van der Waals surface area contributed by atoms with Crippen LogP contribution < -0.4 is 5.73 Å². The van der Waals surface area contributed by atoms with Crippen LogP contribution in [0.4, 0.5) is 5.82 Å². The molecule has 0 bridgehead atoms. The van der Waals surface area contributed by atoms with Crippen molar-refractivity contribution in [3.63, 3.8) is 0 Å². The predicted octanol–water partition coefficient (Wildman–Crippen LogP) is 2.82. The van der Waals surface area contributed by atoms with E-state index in [9.17, 15) is 5.26 Å². The van der Waals surface area contributed by atoms with E-state index in [0.717, 1.165) is 11.3 Å². The fraction of sp³-hybridized carbons (Fsp3) is 0.333. The molecule has 4 nitrogen and oxygen atoms in total. The fourth-order valence-corrected chi connectivity index (χ4v) is 2.15. The highest BCUT2D eigenvalue weighted by atomic mass is 15.3. The third-order valence-electron chi connectivity index (χ3n) is 3.07. The summed E-state index contributed by atoms with van der Waals surface area (Å²) < 4.78 is 1.71. The molecule has 98 valence electrons. The number of nitrogens with two attached hydrogens (primary N) is 1. The Labute approximate surface area is 113 Å². The van der Waals surface area contributed by atoms with E-state index in [2.05, 4.69) is 30.2 Å². The number of aromatic nitrogens is 2. The Hall–Kier alpha value is -2.28. The first-order valence-electron chi connectivity index (χ1n) is 6.35. The van der Waals surface area contributed by atoms with E-state index in [1.165, 1.54) is 5.56 Å². The van der Waals surface area contributed by atoms with Gasteiger partial charge in [0, 0.05) is 12.5 Å². The Balaban J connectivity index is 2.41. The van der Waals surface area contributed by atoms with Gasteiger partial charge in [-0.05, 0) is 26.3 Å². The zero-order chi connectivity index (χ0) is 14.0. The molecule has 0 aliphatic heterocycles. The lowest BCUT2D eigenvalue weighted by Crippen LogP contribution is -2.07. The van der Waals surface area contributed by atoms with E-state index in [0.29, 0.717) is 17.8 Å². The van der Waals surface area contributed by atoms with E-state index in [1.54, 1.807) is 4.68 Å². The number of benzene rings is 1. The molecule has 2 N–H and O–H groups in total. The highest BCUT2D eigenvalue weighted by Gasteiger charge is 2.17. The lowest BCUT2D eigenvalue weighted by atomic mass is 10.1. The third kappa shape index (κ3) is 2.60. The number of hydrogen-bond acceptors (Lipinski definition) is 3. The normalized spacial score (nSPS) is 10.7. The molecule has 19 heavy (non-hydrogen) atoms. The van der Waals surface area contributed by atoms with Crippen LogP contribution in [0.25, 0.3) is 0 Å². The molecule has 0 saturated heterocycles. The average molecular weight is 254 g/mol. The van der Waals surface area contributed by atoms with Crippen LogP contribution in [0.15, 0.2) is 24.3 Å². The maximum Gasteiger partial charge on any atom is 0.140 e. The number of anilines is 1. The van der Waals surface area contributed by atoms with Gasteiger partial charge in [-0.2, -0.15) is 10.4 Å². The first kappa shape index (κ1) is 13.2. The maximum absolute atomic E-state index is 9.24. The molecule has 2 rings (SSSR count). The molecule has 0 saturated carbocycles. The molecule has 2 aromatic rings. The van der Waals surface area contributed by atoms with Crippen LogP contribution in [0.1, 0.15) is 42.3 Å². The van der Waals surface area contributed by atoms with Crippen molar-refractivity contribution in [2.45, 2.75) is 33.2 Å². The Morgan fingerprint density at radius 3 is 2.74 bits per heavy atom. The lowest BCUT2D eigenvalue weighted by Gasteiger charge is -2.06. The SMILES string of the molecule is Cc1cccc(Cc2nn(C(C)C)c(N)c2C#N)c1. The van der Waals surface area contributed by atoms with Crippen LogP contribution in [0, 0.1) is 18.3 Å². The summed E-state index contributed by atoms with van der Waals surface area (Å²) in [6.07, 6.45) is 0.633. The summed E-state index contributed by atoms with van der Waals surface area (Å²) in [6, 6.07) is 10.5. The highest BCUT2D eigenvalue weighted by molar-refractivity contribution is 5.53. The van der Waals surface area contributed by atoms with E-state index in [1.807, 2.05) is 26.0 Å². The molecule has 0 atom stereocenters. The Kier molecular flexibility index (Phi) is 3.57. The Bertz CT molecular complexity index is 632. The molecule has 1 aromatic heterocycles. The second-order valence-corrected chi connectivity index (χ2v) is 5.02. The topological polar surface area (TPSA) is 67.6 Å². The van der Waals surface area contributed by atoms with Crippen molar-refractivity contribution >= 4 is 5.82 Å². The number of rotatable bonds is 3. The third-order valence-corrected chi connectivity index (χ3v) is 3.07. The van der Waals surface area contributed by atoms with Crippen molar-refractivity contribution < 1.29 is 0 Å². The van der Waals surface area contributed by atoms with Crippen LogP contribution >= 0.6 is 0 Å². The van der Waals surface area contributed by atoms with Crippen molar-refractivity contribution in [3.05, 3.63) is 46.6 Å². The zero-order valence-electron chi connectivity index (χ0n) is 11.5. The van der Waals surface area contributed by atoms with Gasteiger partial charge < -0.3 is 5.73 Å². The van der Waals surface area contributed by atoms with Gasteiger partial charge in [0.15, 0.2) is 0 Å². The van der Waals surface area contributed by atoms with Gasteiger partial charge >= 0.3 is 0 Å². The summed E-state index contributed by atoms with van der Waals surface area (Å²) >= 11 is 0. The van der Waals surface area contributed by atoms with Crippen LogP contribution in [0.5, 0.6) is 0 Å². The van der Waals surface area contributed by atoms with Gasteiger partial charge in [0.2, 0.25) is 0 Å². The fourth-order valence-electron chi connectivity index (χ4n) is 2.15. The molecule has 1 aromatic carbocycles.